The smallest absolute Gasteiger partial charge is 0.288 e. The molecule has 21 heavy (non-hydrogen) atoms. The maximum absolute atomic E-state index is 10.8. The van der Waals surface area contributed by atoms with Gasteiger partial charge in [-0.3, -0.25) is 10.1 Å². The molecule has 0 aromatic heterocycles. The van der Waals surface area contributed by atoms with Crippen LogP contribution < -0.4 is 5.32 Å². The second-order valence-electron chi connectivity index (χ2n) is 4.83. The number of nitro benzene ring substituents is 1. The third kappa shape index (κ3) is 2.84. The second kappa shape index (κ2) is 5.71. The van der Waals surface area contributed by atoms with E-state index in [9.17, 15) is 10.1 Å². The monoisotopic (exact) mass is 304 g/mol. The van der Waals surface area contributed by atoms with Gasteiger partial charge in [-0.1, -0.05) is 35.9 Å². The van der Waals surface area contributed by atoms with Crippen LogP contribution in [0.25, 0.3) is 0 Å². The van der Waals surface area contributed by atoms with E-state index in [0.717, 1.165) is 11.3 Å². The van der Waals surface area contributed by atoms with Gasteiger partial charge < -0.3 is 10.1 Å². The SMILES string of the molecule is O=[N+]([O-])c1ccc(NC2COCc3ccccc32)cc1Cl. The van der Waals surface area contributed by atoms with E-state index < -0.39 is 4.92 Å². The van der Waals surface area contributed by atoms with Crippen molar-refractivity contribution in [2.45, 2.75) is 12.6 Å². The molecule has 5 nitrogen and oxygen atoms in total. The first kappa shape index (κ1) is 13.9. The van der Waals surface area contributed by atoms with Gasteiger partial charge in [0.1, 0.15) is 5.02 Å². The minimum atomic E-state index is -0.495. The Morgan fingerprint density at radius 1 is 1.29 bits per heavy atom. The van der Waals surface area contributed by atoms with Gasteiger partial charge in [-0.2, -0.15) is 0 Å². The molecule has 0 saturated carbocycles. The Morgan fingerprint density at radius 3 is 2.86 bits per heavy atom. The molecule has 1 atom stereocenters. The molecule has 0 bridgehead atoms. The largest absolute Gasteiger partial charge is 0.376 e. The molecular formula is C15H13ClN2O3. The predicted octanol–water partition coefficient (Wildman–Crippen LogP) is 3.93. The Hall–Kier alpha value is -2.11. The maximum Gasteiger partial charge on any atom is 0.288 e. The van der Waals surface area contributed by atoms with E-state index in [1.165, 1.54) is 11.6 Å². The van der Waals surface area contributed by atoms with Gasteiger partial charge in [-0.15, -0.1) is 0 Å². The van der Waals surface area contributed by atoms with Crippen molar-refractivity contribution in [2.75, 3.05) is 11.9 Å². The number of rotatable bonds is 3. The molecule has 0 aliphatic carbocycles. The molecule has 2 aromatic carbocycles. The molecule has 0 radical (unpaired) electrons. The van der Waals surface area contributed by atoms with E-state index in [-0.39, 0.29) is 16.8 Å². The van der Waals surface area contributed by atoms with Crippen molar-refractivity contribution in [3.05, 3.63) is 68.7 Å². The summed E-state index contributed by atoms with van der Waals surface area (Å²) in [5, 5.41) is 14.2. The van der Waals surface area contributed by atoms with Crippen LogP contribution in [-0.4, -0.2) is 11.5 Å². The average Bonchev–Trinajstić information content (AvgIpc) is 2.47. The normalized spacial score (nSPS) is 17.1. The van der Waals surface area contributed by atoms with Crippen LogP contribution in [0.5, 0.6) is 0 Å². The number of fused-ring (bicyclic) bond motifs is 1. The molecule has 1 aliphatic heterocycles. The summed E-state index contributed by atoms with van der Waals surface area (Å²) in [5.41, 5.74) is 2.96. The van der Waals surface area contributed by atoms with Gasteiger partial charge in [-0.05, 0) is 23.3 Å². The Balaban J connectivity index is 1.85. The summed E-state index contributed by atoms with van der Waals surface area (Å²) in [5.74, 6) is 0. The molecule has 108 valence electrons. The molecule has 1 N–H and O–H groups in total. The molecule has 0 fully saturated rings. The van der Waals surface area contributed by atoms with E-state index in [0.29, 0.717) is 13.2 Å². The molecule has 0 amide bonds. The van der Waals surface area contributed by atoms with E-state index >= 15 is 0 Å². The van der Waals surface area contributed by atoms with Crippen LogP contribution in [0.4, 0.5) is 11.4 Å². The first-order valence-electron chi connectivity index (χ1n) is 6.51. The van der Waals surface area contributed by atoms with Gasteiger partial charge in [-0.25, -0.2) is 0 Å². The lowest BCUT2D eigenvalue weighted by Crippen LogP contribution is -2.23. The standard InChI is InChI=1S/C15H13ClN2O3/c16-13-7-11(5-6-15(13)18(19)20)17-14-9-21-8-10-3-1-2-4-12(10)14/h1-7,14,17H,8-9H2. The van der Waals surface area contributed by atoms with Crippen LogP contribution in [0.2, 0.25) is 5.02 Å². The highest BCUT2D eigenvalue weighted by Gasteiger charge is 2.21. The molecule has 0 saturated heterocycles. The summed E-state index contributed by atoms with van der Waals surface area (Å²) >= 11 is 5.93. The fourth-order valence-corrected chi connectivity index (χ4v) is 2.70. The number of ether oxygens (including phenoxy) is 1. The molecule has 0 spiro atoms. The topological polar surface area (TPSA) is 64.4 Å². The zero-order valence-electron chi connectivity index (χ0n) is 11.1. The second-order valence-corrected chi connectivity index (χ2v) is 5.24. The molecule has 1 heterocycles. The molecule has 1 unspecified atom stereocenters. The molecule has 3 rings (SSSR count). The Bertz CT molecular complexity index is 690. The first-order valence-corrected chi connectivity index (χ1v) is 6.89. The average molecular weight is 305 g/mol. The predicted molar refractivity (Wildman–Crippen MR) is 80.6 cm³/mol. The summed E-state index contributed by atoms with van der Waals surface area (Å²) in [7, 11) is 0. The number of halogens is 1. The van der Waals surface area contributed by atoms with Gasteiger partial charge in [0.05, 0.1) is 24.2 Å². The third-order valence-electron chi connectivity index (χ3n) is 3.46. The van der Waals surface area contributed by atoms with E-state index in [1.54, 1.807) is 12.1 Å². The van der Waals surface area contributed by atoms with Gasteiger partial charge in [0.2, 0.25) is 0 Å². The number of anilines is 1. The summed E-state index contributed by atoms with van der Waals surface area (Å²) in [6.07, 6.45) is 0. The lowest BCUT2D eigenvalue weighted by Gasteiger charge is -2.27. The van der Waals surface area contributed by atoms with Crippen LogP contribution in [0.3, 0.4) is 0 Å². The molecule has 6 heteroatoms. The van der Waals surface area contributed by atoms with Gasteiger partial charge >= 0.3 is 0 Å². The van der Waals surface area contributed by atoms with Crippen molar-refractivity contribution in [3.8, 4) is 0 Å². The Labute approximate surface area is 126 Å². The van der Waals surface area contributed by atoms with Crippen molar-refractivity contribution in [3.63, 3.8) is 0 Å². The number of nitrogens with one attached hydrogen (secondary N) is 1. The van der Waals surface area contributed by atoms with Gasteiger partial charge in [0.25, 0.3) is 5.69 Å². The van der Waals surface area contributed by atoms with E-state index in [4.69, 9.17) is 16.3 Å². The molecular weight excluding hydrogens is 292 g/mol. The minimum Gasteiger partial charge on any atom is -0.376 e. The summed E-state index contributed by atoms with van der Waals surface area (Å²) in [4.78, 5) is 10.3. The molecule has 2 aromatic rings. The fourth-order valence-electron chi connectivity index (χ4n) is 2.45. The number of nitro groups is 1. The van der Waals surface area contributed by atoms with Crippen LogP contribution in [-0.2, 0) is 11.3 Å². The third-order valence-corrected chi connectivity index (χ3v) is 3.76. The first-order chi connectivity index (χ1) is 10.1. The van der Waals surface area contributed by atoms with Gasteiger partial charge in [0.15, 0.2) is 0 Å². The highest BCUT2D eigenvalue weighted by Crippen LogP contribution is 2.31. The van der Waals surface area contributed by atoms with Crippen molar-refractivity contribution in [1.82, 2.24) is 0 Å². The lowest BCUT2D eigenvalue weighted by atomic mass is 9.99. The number of benzene rings is 2. The fraction of sp³-hybridized carbons (Fsp3) is 0.200. The van der Waals surface area contributed by atoms with Crippen molar-refractivity contribution in [1.29, 1.82) is 0 Å². The number of hydrogen-bond donors (Lipinski definition) is 1. The van der Waals surface area contributed by atoms with Crippen molar-refractivity contribution < 1.29 is 9.66 Å². The Kier molecular flexibility index (Phi) is 3.77. The summed E-state index contributed by atoms with van der Waals surface area (Å²) in [6, 6.07) is 12.7. The van der Waals surface area contributed by atoms with Crippen molar-refractivity contribution in [2.24, 2.45) is 0 Å². The van der Waals surface area contributed by atoms with Crippen LogP contribution in [0.15, 0.2) is 42.5 Å². The molecule has 1 aliphatic rings. The zero-order valence-corrected chi connectivity index (χ0v) is 11.8. The van der Waals surface area contributed by atoms with Crippen molar-refractivity contribution >= 4 is 23.0 Å². The Morgan fingerprint density at radius 2 is 2.10 bits per heavy atom. The minimum absolute atomic E-state index is 0.00692. The number of hydrogen-bond acceptors (Lipinski definition) is 4. The van der Waals surface area contributed by atoms with Gasteiger partial charge in [0, 0.05) is 11.8 Å². The summed E-state index contributed by atoms with van der Waals surface area (Å²) in [6.45, 7) is 1.15. The lowest BCUT2D eigenvalue weighted by molar-refractivity contribution is -0.384. The van der Waals surface area contributed by atoms with E-state index in [2.05, 4.69) is 11.4 Å². The zero-order chi connectivity index (χ0) is 14.8. The quantitative estimate of drug-likeness (QED) is 0.689. The highest BCUT2D eigenvalue weighted by atomic mass is 35.5. The van der Waals surface area contributed by atoms with Crippen LogP contribution >= 0.6 is 11.6 Å². The highest BCUT2D eigenvalue weighted by molar-refractivity contribution is 6.32. The van der Waals surface area contributed by atoms with Crippen LogP contribution in [0, 0.1) is 10.1 Å². The van der Waals surface area contributed by atoms with E-state index in [1.807, 2.05) is 18.2 Å². The maximum atomic E-state index is 10.8. The van der Waals surface area contributed by atoms with Crippen LogP contribution in [0.1, 0.15) is 17.2 Å². The summed E-state index contributed by atoms with van der Waals surface area (Å²) < 4.78 is 5.57. The number of nitrogens with zero attached hydrogens (tertiary/aromatic N) is 1.